The van der Waals surface area contributed by atoms with Crippen molar-refractivity contribution in [3.63, 3.8) is 0 Å². The van der Waals surface area contributed by atoms with Crippen LogP contribution in [-0.2, 0) is 6.54 Å². The number of halogens is 4. The van der Waals surface area contributed by atoms with E-state index in [4.69, 9.17) is 11.6 Å². The summed E-state index contributed by atoms with van der Waals surface area (Å²) in [6.45, 7) is 0.229. The summed E-state index contributed by atoms with van der Waals surface area (Å²) in [7, 11) is 0. The van der Waals surface area contributed by atoms with E-state index in [9.17, 15) is 8.78 Å². The van der Waals surface area contributed by atoms with Crippen molar-refractivity contribution in [3.8, 4) is 0 Å². The van der Waals surface area contributed by atoms with Gasteiger partial charge in [-0.25, -0.2) is 13.8 Å². The van der Waals surface area contributed by atoms with Gasteiger partial charge in [0.05, 0.1) is 12.7 Å². The molecule has 7 heteroatoms. The van der Waals surface area contributed by atoms with Crippen LogP contribution in [0.4, 0.5) is 14.5 Å². The van der Waals surface area contributed by atoms with E-state index in [0.29, 0.717) is 13.8 Å². The van der Waals surface area contributed by atoms with Crippen LogP contribution in [-0.4, -0.2) is 4.98 Å². The summed E-state index contributed by atoms with van der Waals surface area (Å²) in [6, 6.07) is 2.39. The lowest BCUT2D eigenvalue weighted by molar-refractivity contribution is 0.586. The Bertz CT molecular complexity index is 524. The van der Waals surface area contributed by atoms with Gasteiger partial charge in [0.1, 0.15) is 26.7 Å². The van der Waals surface area contributed by atoms with E-state index in [2.05, 4.69) is 26.2 Å². The summed E-state index contributed by atoms with van der Waals surface area (Å²) >= 11 is 9.97. The minimum Gasteiger partial charge on any atom is -0.374 e. The van der Waals surface area contributed by atoms with E-state index in [1.54, 1.807) is 0 Å². The summed E-state index contributed by atoms with van der Waals surface area (Å²) in [6.07, 6.45) is 1.50. The molecule has 0 aliphatic rings. The normalized spacial score (nSPS) is 10.6. The molecule has 0 unspecified atom stereocenters. The van der Waals surface area contributed by atoms with Crippen LogP contribution in [0.25, 0.3) is 0 Å². The molecular weight excluding hydrogens is 334 g/mol. The van der Waals surface area contributed by atoms with Crippen molar-refractivity contribution in [1.29, 1.82) is 0 Å². The topological polar surface area (TPSA) is 24.9 Å². The van der Waals surface area contributed by atoms with Gasteiger partial charge in [0.2, 0.25) is 0 Å². The average molecular weight is 340 g/mol. The van der Waals surface area contributed by atoms with Crippen molar-refractivity contribution in [3.05, 3.63) is 43.8 Å². The highest BCUT2D eigenvalue weighted by Gasteiger charge is 2.10. The van der Waals surface area contributed by atoms with Crippen molar-refractivity contribution < 1.29 is 8.78 Å². The monoisotopic (exact) mass is 338 g/mol. The first-order chi connectivity index (χ1) is 8.06. The molecule has 1 aromatic heterocycles. The molecule has 2 rings (SSSR count). The summed E-state index contributed by atoms with van der Waals surface area (Å²) < 4.78 is 27.8. The van der Waals surface area contributed by atoms with Gasteiger partial charge >= 0.3 is 0 Å². The Balaban J connectivity index is 2.14. The number of thiazole rings is 1. The fourth-order valence-corrected chi connectivity index (χ4v) is 2.54. The molecule has 90 valence electrons. The number of nitrogens with one attached hydrogen (secondary N) is 1. The zero-order chi connectivity index (χ0) is 12.4. The van der Waals surface area contributed by atoms with Gasteiger partial charge in [0.15, 0.2) is 0 Å². The Labute approximate surface area is 114 Å². The Kier molecular flexibility index (Phi) is 3.96. The highest BCUT2D eigenvalue weighted by Crippen LogP contribution is 2.25. The summed E-state index contributed by atoms with van der Waals surface area (Å²) in [5.41, 5.74) is -0.167. The van der Waals surface area contributed by atoms with Crippen LogP contribution in [0.1, 0.15) is 5.01 Å². The minimum absolute atomic E-state index is 0.167. The summed E-state index contributed by atoms with van der Waals surface area (Å²) in [5, 5.41) is 3.32. The van der Waals surface area contributed by atoms with E-state index in [-0.39, 0.29) is 12.2 Å². The maximum Gasteiger partial charge on any atom is 0.150 e. The maximum atomic E-state index is 13.4. The lowest BCUT2D eigenvalue weighted by Gasteiger charge is -2.07. The Morgan fingerprint density at radius 3 is 2.53 bits per heavy atom. The van der Waals surface area contributed by atoms with Crippen LogP contribution in [0.2, 0.25) is 4.34 Å². The number of nitrogens with zero attached hydrogens (tertiary/aromatic N) is 1. The van der Waals surface area contributed by atoms with E-state index in [1.165, 1.54) is 29.7 Å². The second kappa shape index (κ2) is 5.29. The molecule has 0 fully saturated rings. The summed E-state index contributed by atoms with van der Waals surface area (Å²) in [4.78, 5) is 3.98. The largest absolute Gasteiger partial charge is 0.374 e. The van der Waals surface area contributed by atoms with Gasteiger partial charge in [-0.05, 0) is 12.1 Å². The fraction of sp³-hybridized carbons (Fsp3) is 0.100. The predicted molar refractivity (Wildman–Crippen MR) is 68.5 cm³/mol. The molecule has 2 aromatic rings. The van der Waals surface area contributed by atoms with Gasteiger partial charge in [0.25, 0.3) is 0 Å². The van der Waals surface area contributed by atoms with Crippen molar-refractivity contribution in [2.75, 3.05) is 5.32 Å². The second-order valence-corrected chi connectivity index (χ2v) is 5.82. The van der Waals surface area contributed by atoms with Gasteiger partial charge in [-0.15, -0.1) is 11.3 Å². The third kappa shape index (κ3) is 3.14. The maximum absolute atomic E-state index is 13.4. The minimum atomic E-state index is -0.653. The zero-order valence-corrected chi connectivity index (χ0v) is 11.5. The SMILES string of the molecule is Fc1cc(Br)cc(F)c1NCc1ncc(Cl)s1. The van der Waals surface area contributed by atoms with Gasteiger partial charge in [-0.3, -0.25) is 0 Å². The van der Waals surface area contributed by atoms with Crippen LogP contribution >= 0.6 is 38.9 Å². The molecule has 0 saturated heterocycles. The Morgan fingerprint density at radius 2 is 2.00 bits per heavy atom. The molecule has 1 heterocycles. The standard InChI is InChI=1S/C10H6BrClF2N2S/c11-5-1-6(13)10(7(14)2-5)16-4-9-15-3-8(12)17-9/h1-3,16H,4H2. The fourth-order valence-electron chi connectivity index (χ4n) is 1.24. The van der Waals surface area contributed by atoms with Gasteiger partial charge < -0.3 is 5.32 Å². The molecule has 1 aromatic carbocycles. The molecule has 17 heavy (non-hydrogen) atoms. The van der Waals surface area contributed by atoms with Crippen molar-refractivity contribution >= 4 is 44.6 Å². The van der Waals surface area contributed by atoms with Crippen molar-refractivity contribution in [2.45, 2.75) is 6.54 Å². The van der Waals surface area contributed by atoms with E-state index < -0.39 is 11.6 Å². The molecule has 0 atom stereocenters. The lowest BCUT2D eigenvalue weighted by Crippen LogP contribution is -2.03. The zero-order valence-electron chi connectivity index (χ0n) is 8.31. The average Bonchev–Trinajstić information content (AvgIpc) is 2.62. The van der Waals surface area contributed by atoms with Crippen LogP contribution in [0.5, 0.6) is 0 Å². The first kappa shape index (κ1) is 12.7. The van der Waals surface area contributed by atoms with E-state index >= 15 is 0 Å². The van der Waals surface area contributed by atoms with E-state index in [1.807, 2.05) is 0 Å². The van der Waals surface area contributed by atoms with Gasteiger partial charge in [-0.2, -0.15) is 0 Å². The van der Waals surface area contributed by atoms with Crippen LogP contribution in [0.15, 0.2) is 22.8 Å². The molecule has 0 bridgehead atoms. The molecule has 0 aliphatic carbocycles. The number of benzene rings is 1. The van der Waals surface area contributed by atoms with Crippen molar-refractivity contribution in [1.82, 2.24) is 4.98 Å². The van der Waals surface area contributed by atoms with Crippen molar-refractivity contribution in [2.24, 2.45) is 0 Å². The van der Waals surface area contributed by atoms with Gasteiger partial charge in [0, 0.05) is 4.47 Å². The van der Waals surface area contributed by atoms with Crippen LogP contribution in [0, 0.1) is 11.6 Å². The molecule has 0 radical (unpaired) electrons. The lowest BCUT2D eigenvalue weighted by atomic mass is 10.3. The number of rotatable bonds is 3. The van der Waals surface area contributed by atoms with Crippen LogP contribution in [0.3, 0.4) is 0 Å². The Morgan fingerprint density at radius 1 is 1.35 bits per heavy atom. The quantitative estimate of drug-likeness (QED) is 0.893. The highest BCUT2D eigenvalue weighted by atomic mass is 79.9. The number of hydrogen-bond acceptors (Lipinski definition) is 3. The molecule has 0 saturated carbocycles. The number of aromatic nitrogens is 1. The second-order valence-electron chi connectivity index (χ2n) is 3.16. The highest BCUT2D eigenvalue weighted by molar-refractivity contribution is 9.10. The third-order valence-electron chi connectivity index (χ3n) is 1.95. The predicted octanol–water partition coefficient (Wildman–Crippen LogP) is 4.45. The summed E-state index contributed by atoms with van der Waals surface area (Å²) in [5.74, 6) is -1.31. The first-order valence-corrected chi connectivity index (χ1v) is 6.53. The van der Waals surface area contributed by atoms with Crippen LogP contribution < -0.4 is 5.32 Å². The molecule has 0 amide bonds. The molecular formula is C10H6BrClF2N2S. The third-order valence-corrected chi connectivity index (χ3v) is 3.52. The van der Waals surface area contributed by atoms with Gasteiger partial charge in [-0.1, -0.05) is 27.5 Å². The van der Waals surface area contributed by atoms with E-state index in [0.717, 1.165) is 0 Å². The Hall–Kier alpha value is -0.720. The molecule has 0 spiro atoms. The molecule has 1 N–H and O–H groups in total. The number of anilines is 1. The smallest absolute Gasteiger partial charge is 0.150 e. The molecule has 2 nitrogen and oxygen atoms in total. The molecule has 0 aliphatic heterocycles. The number of hydrogen-bond donors (Lipinski definition) is 1. The first-order valence-electron chi connectivity index (χ1n) is 4.55.